The molecule has 0 fully saturated rings. The fraction of sp³-hybridized carbons (Fsp3) is 0.250. The molecule has 0 aliphatic heterocycles. The summed E-state index contributed by atoms with van der Waals surface area (Å²) in [5, 5.41) is 5.62. The van der Waals surface area contributed by atoms with E-state index in [-0.39, 0.29) is 0 Å². The first-order chi connectivity index (χ1) is 18.2. The van der Waals surface area contributed by atoms with Gasteiger partial charge in [0.05, 0.1) is 0 Å². The molecule has 4 rings (SSSR count). The Morgan fingerprint density at radius 2 is 0.447 bits per heavy atom. The first-order valence-electron chi connectivity index (χ1n) is 12.9. The van der Waals surface area contributed by atoms with Gasteiger partial charge in [0, 0.05) is 79.1 Å². The smallest absolute Gasteiger partial charge is 0.0361 e. The van der Waals surface area contributed by atoms with Crippen LogP contribution in [0.3, 0.4) is 0 Å². The molecule has 0 unspecified atom stereocenters. The molecule has 0 N–H and O–H groups in total. The van der Waals surface area contributed by atoms with Crippen molar-refractivity contribution in [1.82, 2.24) is 0 Å². The van der Waals surface area contributed by atoms with E-state index >= 15 is 0 Å². The van der Waals surface area contributed by atoms with Gasteiger partial charge in [-0.05, 0) is 85.0 Å². The van der Waals surface area contributed by atoms with Crippen molar-refractivity contribution in [1.29, 1.82) is 0 Å². The van der Waals surface area contributed by atoms with Crippen molar-refractivity contribution in [3.05, 3.63) is 97.1 Å². The van der Waals surface area contributed by atoms with E-state index in [2.05, 4.69) is 173 Å². The molecule has 0 saturated heterocycles. The Bertz CT molecular complexity index is 1090. The van der Waals surface area contributed by atoms with Crippen molar-refractivity contribution in [2.45, 2.75) is 0 Å². The first kappa shape index (κ1) is 28.0. The van der Waals surface area contributed by atoms with Gasteiger partial charge in [-0.2, -0.15) is 0 Å². The summed E-state index contributed by atoms with van der Waals surface area (Å²) in [7, 11) is 15.4. The molecule has 0 aliphatic rings. The maximum Gasteiger partial charge on any atom is 0.0361 e. The van der Waals surface area contributed by atoms with Gasteiger partial charge in [-0.25, -0.2) is 0 Å². The van der Waals surface area contributed by atoms with Crippen LogP contribution in [0.5, 0.6) is 0 Å². The number of rotatable bonds is 9. The third-order valence-electron chi connectivity index (χ3n) is 6.64. The largest absolute Gasteiger partial charge is 0.378 e. The lowest BCUT2D eigenvalue weighted by Crippen LogP contribution is -2.21. The van der Waals surface area contributed by atoms with Crippen molar-refractivity contribution >= 4 is 59.2 Å². The molecule has 4 nitrogen and oxygen atoms in total. The van der Waals surface area contributed by atoms with Crippen LogP contribution in [0.15, 0.2) is 97.1 Å². The van der Waals surface area contributed by atoms with Gasteiger partial charge < -0.3 is 19.6 Å². The van der Waals surface area contributed by atoms with Crippen LogP contribution in [-0.4, -0.2) is 56.4 Å². The minimum atomic E-state index is -0.680. The Morgan fingerprint density at radius 1 is 0.289 bits per heavy atom. The summed E-state index contributed by atoms with van der Waals surface area (Å²) >= 11 is 0. The molecule has 0 aromatic heterocycles. The minimum absolute atomic E-state index is 0.680. The van der Waals surface area contributed by atoms with Crippen molar-refractivity contribution in [2.24, 2.45) is 0 Å². The van der Waals surface area contributed by atoms with Gasteiger partial charge in [0.15, 0.2) is 0 Å². The second-order valence-corrected chi connectivity index (χ2v) is 16.0. The molecule has 4 aromatic rings. The number of hydrogen-bond donors (Lipinski definition) is 0. The summed E-state index contributed by atoms with van der Waals surface area (Å²) in [6.07, 6.45) is 0. The first-order valence-corrected chi connectivity index (χ1v) is 16.2. The fourth-order valence-electron chi connectivity index (χ4n) is 4.33. The average Bonchev–Trinajstić information content (AvgIpc) is 2.92. The summed E-state index contributed by atoms with van der Waals surface area (Å²) < 4.78 is 0. The molecule has 6 heteroatoms. The highest BCUT2D eigenvalue weighted by molar-refractivity contribution is 8.41. The van der Waals surface area contributed by atoms with Crippen LogP contribution >= 0.6 is 15.2 Å². The highest BCUT2D eigenvalue weighted by atomic mass is 32.1. The lowest BCUT2D eigenvalue weighted by molar-refractivity contribution is 1.13. The fourth-order valence-corrected chi connectivity index (χ4v) is 11.9. The number of hydrogen-bond acceptors (Lipinski definition) is 4. The van der Waals surface area contributed by atoms with Crippen LogP contribution in [0.4, 0.5) is 22.7 Å². The molecule has 0 amide bonds. The minimum Gasteiger partial charge on any atom is -0.378 e. The molecule has 0 bridgehead atoms. The Labute approximate surface area is 231 Å². The molecule has 0 radical (unpaired) electrons. The molecule has 0 spiro atoms. The zero-order chi connectivity index (χ0) is 27.4. The van der Waals surface area contributed by atoms with Gasteiger partial charge in [-0.3, -0.25) is 0 Å². The third kappa shape index (κ3) is 6.32. The number of nitrogens with zero attached hydrogens (tertiary/aromatic N) is 4. The van der Waals surface area contributed by atoms with Crippen LogP contribution in [0.2, 0.25) is 0 Å². The lowest BCUT2D eigenvalue weighted by Gasteiger charge is -2.31. The summed E-state index contributed by atoms with van der Waals surface area (Å²) in [6, 6.07) is 36.9. The second-order valence-electron chi connectivity index (χ2n) is 10.3. The normalized spacial score (nSPS) is 11.1. The monoisotopic (exact) mass is 542 g/mol. The Morgan fingerprint density at radius 3 is 0.579 bits per heavy atom. The Hall–Kier alpha value is -3.06. The molecule has 0 heterocycles. The maximum absolute atomic E-state index is 2.35. The molecular formula is C32H40N4P2. The average molecular weight is 543 g/mol. The predicted molar refractivity (Wildman–Crippen MR) is 175 cm³/mol. The van der Waals surface area contributed by atoms with E-state index in [9.17, 15) is 0 Å². The SMILES string of the molecule is CN(C)c1ccc(P(c2ccc(N(C)C)cc2)P(c2ccc(N(C)C)cc2)c2ccc(N(C)C)cc2)cc1. The summed E-state index contributed by atoms with van der Waals surface area (Å²) in [6.45, 7) is 0. The van der Waals surface area contributed by atoms with Crippen LogP contribution in [0.1, 0.15) is 0 Å². The topological polar surface area (TPSA) is 13.0 Å². The molecule has 4 aromatic carbocycles. The van der Waals surface area contributed by atoms with Crippen molar-refractivity contribution in [2.75, 3.05) is 76.0 Å². The van der Waals surface area contributed by atoms with Crippen LogP contribution < -0.4 is 40.8 Å². The van der Waals surface area contributed by atoms with Gasteiger partial charge in [0.1, 0.15) is 0 Å². The highest BCUT2D eigenvalue weighted by Gasteiger charge is 2.28. The van der Waals surface area contributed by atoms with E-state index in [0.717, 1.165) is 0 Å². The van der Waals surface area contributed by atoms with Gasteiger partial charge >= 0.3 is 0 Å². The van der Waals surface area contributed by atoms with Crippen molar-refractivity contribution < 1.29 is 0 Å². The van der Waals surface area contributed by atoms with Crippen molar-refractivity contribution in [3.63, 3.8) is 0 Å². The quantitative estimate of drug-likeness (QED) is 0.262. The summed E-state index contributed by atoms with van der Waals surface area (Å²) in [5.74, 6) is 0. The molecule has 0 aliphatic carbocycles. The molecule has 38 heavy (non-hydrogen) atoms. The molecule has 0 saturated carbocycles. The van der Waals surface area contributed by atoms with E-state index in [4.69, 9.17) is 0 Å². The van der Waals surface area contributed by atoms with Crippen molar-refractivity contribution in [3.8, 4) is 0 Å². The van der Waals surface area contributed by atoms with E-state index in [0.29, 0.717) is 0 Å². The van der Waals surface area contributed by atoms with Gasteiger partial charge in [-0.15, -0.1) is 0 Å². The zero-order valence-electron chi connectivity index (χ0n) is 23.9. The molecular weight excluding hydrogens is 502 g/mol. The Balaban J connectivity index is 1.91. The lowest BCUT2D eigenvalue weighted by atomic mass is 10.3. The predicted octanol–water partition coefficient (Wildman–Crippen LogP) is 5.43. The number of anilines is 4. The van der Waals surface area contributed by atoms with E-state index in [1.165, 1.54) is 44.0 Å². The van der Waals surface area contributed by atoms with E-state index in [1.807, 2.05) is 0 Å². The number of benzene rings is 4. The van der Waals surface area contributed by atoms with Gasteiger partial charge in [0.2, 0.25) is 0 Å². The highest BCUT2D eigenvalue weighted by Crippen LogP contribution is 2.65. The van der Waals surface area contributed by atoms with E-state index in [1.54, 1.807) is 0 Å². The second kappa shape index (κ2) is 12.2. The molecule has 0 atom stereocenters. The van der Waals surface area contributed by atoms with E-state index < -0.39 is 15.2 Å². The van der Waals surface area contributed by atoms with Crippen LogP contribution in [0, 0.1) is 0 Å². The maximum atomic E-state index is 2.35. The molecule has 198 valence electrons. The van der Waals surface area contributed by atoms with Crippen LogP contribution in [0.25, 0.3) is 0 Å². The Kier molecular flexibility index (Phi) is 8.98. The van der Waals surface area contributed by atoms with Gasteiger partial charge in [0.25, 0.3) is 0 Å². The summed E-state index contributed by atoms with van der Waals surface area (Å²) in [5.41, 5.74) is 4.90. The zero-order valence-corrected chi connectivity index (χ0v) is 25.7. The van der Waals surface area contributed by atoms with Crippen LogP contribution in [-0.2, 0) is 0 Å². The van der Waals surface area contributed by atoms with Gasteiger partial charge in [-0.1, -0.05) is 48.5 Å². The summed E-state index contributed by atoms with van der Waals surface area (Å²) in [4.78, 5) is 8.67. The third-order valence-corrected chi connectivity index (χ3v) is 14.2. The standard InChI is InChI=1S/C32H40N4P2/c1-33(2)25-9-17-29(18-10-25)37(30-19-11-26(12-20-30)34(3)4)38(31-21-13-27(14-22-31)35(5)6)32-23-15-28(16-24-32)36(7)8/h9-24H,1-8H3.